The van der Waals surface area contributed by atoms with E-state index in [-0.39, 0.29) is 46.0 Å². The zero-order valence-electron chi connectivity index (χ0n) is 39.4. The second-order valence-electron chi connectivity index (χ2n) is 20.5. The van der Waals surface area contributed by atoms with Crippen molar-refractivity contribution in [3.63, 3.8) is 0 Å². The molecular weight excluding hydrogens is 777 g/mol. The second kappa shape index (κ2) is 20.3. The number of thioether (sulfide) groups is 2. The third-order valence-corrected chi connectivity index (χ3v) is 15.3. The molecule has 0 spiro atoms. The lowest BCUT2D eigenvalue weighted by atomic mass is 9.86. The van der Waals surface area contributed by atoms with Crippen molar-refractivity contribution >= 4 is 23.5 Å². The van der Waals surface area contributed by atoms with Crippen molar-refractivity contribution in [3.05, 3.63) is 105 Å². The molecule has 60 heavy (non-hydrogen) atoms. The van der Waals surface area contributed by atoms with Gasteiger partial charge in [-0.3, -0.25) is 0 Å². The van der Waals surface area contributed by atoms with E-state index in [4.69, 9.17) is 9.47 Å². The normalized spacial score (nSPS) is 16.8. The average Bonchev–Trinajstić information content (AvgIpc) is 3.15. The zero-order chi connectivity index (χ0) is 44.1. The lowest BCUT2D eigenvalue weighted by Crippen LogP contribution is -2.22. The Morgan fingerprint density at radius 1 is 0.517 bits per heavy atom. The van der Waals surface area contributed by atoms with Gasteiger partial charge in [0.15, 0.2) is 23.0 Å². The SMILES string of the molecule is CC(C)c1cccc(C(C)C)c1Oc1cc(C(C)(C)C)cc(CS[C@H]2CCCCCC[C@@H]2SCc2cc(C(C)(C)C)cc(Oc3c(C(C)C)cccc3C(C)C)c2O)c1O. The minimum absolute atomic E-state index is 0.123. The third-order valence-electron chi connectivity index (χ3n) is 12.2. The molecule has 1 aliphatic carbocycles. The number of benzene rings is 4. The van der Waals surface area contributed by atoms with Crippen LogP contribution in [0.3, 0.4) is 0 Å². The number of phenolic OH excluding ortho intramolecular Hbond substituents is 2. The van der Waals surface area contributed by atoms with Crippen LogP contribution in [0.2, 0.25) is 0 Å². The molecule has 4 aromatic carbocycles. The first-order chi connectivity index (χ1) is 28.2. The Labute approximate surface area is 373 Å². The molecule has 1 saturated carbocycles. The van der Waals surface area contributed by atoms with Gasteiger partial charge in [-0.1, -0.05) is 171 Å². The van der Waals surface area contributed by atoms with E-state index < -0.39 is 0 Å². The Morgan fingerprint density at radius 2 is 0.833 bits per heavy atom. The van der Waals surface area contributed by atoms with Gasteiger partial charge in [-0.2, -0.15) is 23.5 Å². The minimum atomic E-state index is -0.123. The summed E-state index contributed by atoms with van der Waals surface area (Å²) in [6, 6.07) is 21.4. The molecule has 0 aromatic heterocycles. The predicted octanol–water partition coefficient (Wildman–Crippen LogP) is 17.0. The van der Waals surface area contributed by atoms with Gasteiger partial charge in [0, 0.05) is 33.1 Å². The van der Waals surface area contributed by atoms with E-state index in [2.05, 4.69) is 158 Å². The lowest BCUT2D eigenvalue weighted by molar-refractivity contribution is 0.399. The first kappa shape index (κ1) is 47.8. The largest absolute Gasteiger partial charge is 0.504 e. The fourth-order valence-corrected chi connectivity index (χ4v) is 11.3. The highest BCUT2D eigenvalue weighted by atomic mass is 32.2. The van der Waals surface area contributed by atoms with E-state index in [0.29, 0.717) is 33.5 Å². The van der Waals surface area contributed by atoms with Crippen molar-refractivity contribution in [3.8, 4) is 34.5 Å². The van der Waals surface area contributed by atoms with Crippen LogP contribution in [0.25, 0.3) is 0 Å². The molecule has 0 aliphatic heterocycles. The fraction of sp³-hybridized carbons (Fsp3) is 0.556. The van der Waals surface area contributed by atoms with Gasteiger partial charge in [0.05, 0.1) is 0 Å². The topological polar surface area (TPSA) is 58.9 Å². The Hall–Kier alpha value is -3.22. The minimum Gasteiger partial charge on any atom is -0.504 e. The first-order valence-corrected chi connectivity index (χ1v) is 24.8. The number of hydrogen-bond donors (Lipinski definition) is 2. The number of ether oxygens (including phenoxy) is 2. The molecule has 328 valence electrons. The second-order valence-corrected chi connectivity index (χ2v) is 23.0. The van der Waals surface area contributed by atoms with E-state index >= 15 is 0 Å². The van der Waals surface area contributed by atoms with Crippen LogP contribution in [-0.4, -0.2) is 20.7 Å². The maximum Gasteiger partial charge on any atom is 0.169 e. The molecule has 0 bridgehead atoms. The summed E-state index contributed by atoms with van der Waals surface area (Å²) in [6.07, 6.45) is 7.20. The standard InChI is InChI=1S/C54H76O4S2/c1-33(2)41-21-19-22-42(34(3)4)51(41)57-45-29-39(53(9,10)11)27-37(49(45)55)31-59-47-25-17-15-16-18-26-48(47)60-32-38-28-40(54(12,13)14)30-46(50(38)56)58-52-43(35(5)6)23-20-24-44(52)36(7)8/h19-24,27-30,33-36,47-48,55-56H,15-18,25-26,31-32H2,1-14H3/t47-,48-/m0/s1. The summed E-state index contributed by atoms with van der Waals surface area (Å²) >= 11 is 3.96. The summed E-state index contributed by atoms with van der Waals surface area (Å²) in [4.78, 5) is 0. The molecule has 0 saturated heterocycles. The Morgan fingerprint density at radius 3 is 1.12 bits per heavy atom. The Balaban J connectivity index is 1.45. The van der Waals surface area contributed by atoms with Crippen LogP contribution in [0.15, 0.2) is 60.7 Å². The van der Waals surface area contributed by atoms with Crippen LogP contribution in [0, 0.1) is 0 Å². The van der Waals surface area contributed by atoms with Crippen molar-refractivity contribution in [2.45, 2.75) is 192 Å². The van der Waals surface area contributed by atoms with Crippen molar-refractivity contribution in [1.29, 1.82) is 0 Å². The number of phenols is 2. The van der Waals surface area contributed by atoms with Crippen LogP contribution >= 0.6 is 23.5 Å². The molecule has 0 heterocycles. The molecule has 5 rings (SSSR count). The van der Waals surface area contributed by atoms with E-state index in [1.807, 2.05) is 23.5 Å². The summed E-state index contributed by atoms with van der Waals surface area (Å²) in [5, 5.41) is 24.8. The summed E-state index contributed by atoms with van der Waals surface area (Å²) < 4.78 is 13.7. The fourth-order valence-electron chi connectivity index (χ4n) is 8.19. The maximum absolute atomic E-state index is 12.0. The molecule has 0 unspecified atom stereocenters. The number of rotatable bonds is 14. The van der Waals surface area contributed by atoms with Gasteiger partial charge >= 0.3 is 0 Å². The molecular formula is C54H76O4S2. The van der Waals surface area contributed by atoms with E-state index in [1.54, 1.807) is 0 Å². The average molecular weight is 853 g/mol. The molecule has 4 aromatic rings. The number of aromatic hydroxyl groups is 2. The lowest BCUT2D eigenvalue weighted by Gasteiger charge is -2.30. The molecule has 4 nitrogen and oxygen atoms in total. The van der Waals surface area contributed by atoms with E-state index in [9.17, 15) is 10.2 Å². The van der Waals surface area contributed by atoms with Crippen LogP contribution in [0.1, 0.15) is 204 Å². The highest BCUT2D eigenvalue weighted by molar-refractivity contribution is 8.03. The Kier molecular flexibility index (Phi) is 16.2. The predicted molar refractivity (Wildman–Crippen MR) is 261 cm³/mol. The molecule has 1 aliphatic rings. The molecule has 0 radical (unpaired) electrons. The molecule has 2 atom stereocenters. The Bertz CT molecular complexity index is 1850. The van der Waals surface area contributed by atoms with Crippen LogP contribution in [-0.2, 0) is 22.3 Å². The van der Waals surface area contributed by atoms with Gasteiger partial charge in [0.25, 0.3) is 0 Å². The summed E-state index contributed by atoms with van der Waals surface area (Å²) in [7, 11) is 0. The van der Waals surface area contributed by atoms with Gasteiger partial charge in [0.2, 0.25) is 0 Å². The van der Waals surface area contributed by atoms with Crippen molar-refractivity contribution in [2.75, 3.05) is 0 Å². The molecule has 1 fully saturated rings. The van der Waals surface area contributed by atoms with Gasteiger partial charge < -0.3 is 19.7 Å². The molecule has 2 N–H and O–H groups in total. The van der Waals surface area contributed by atoms with Crippen molar-refractivity contribution < 1.29 is 19.7 Å². The van der Waals surface area contributed by atoms with Gasteiger partial charge in [-0.25, -0.2) is 0 Å². The van der Waals surface area contributed by atoms with Crippen LogP contribution in [0.5, 0.6) is 34.5 Å². The van der Waals surface area contributed by atoms with Crippen LogP contribution < -0.4 is 9.47 Å². The molecule has 6 heteroatoms. The number of hydrogen-bond acceptors (Lipinski definition) is 6. The van der Waals surface area contributed by atoms with Gasteiger partial charge in [0.1, 0.15) is 11.5 Å². The quantitative estimate of drug-likeness (QED) is 0.132. The van der Waals surface area contributed by atoms with Crippen LogP contribution in [0.4, 0.5) is 0 Å². The number of para-hydroxylation sites is 2. The zero-order valence-corrected chi connectivity index (χ0v) is 41.1. The smallest absolute Gasteiger partial charge is 0.169 e. The summed E-state index contributed by atoms with van der Waals surface area (Å²) in [5.74, 6) is 5.86. The van der Waals surface area contributed by atoms with E-state index in [0.717, 1.165) is 68.8 Å². The van der Waals surface area contributed by atoms with E-state index in [1.165, 1.54) is 25.7 Å². The third kappa shape index (κ3) is 11.8. The van der Waals surface area contributed by atoms with Crippen molar-refractivity contribution in [1.82, 2.24) is 0 Å². The monoisotopic (exact) mass is 853 g/mol. The van der Waals surface area contributed by atoms with Gasteiger partial charge in [-0.15, -0.1) is 0 Å². The molecule has 0 amide bonds. The summed E-state index contributed by atoms with van der Waals surface area (Å²) in [6.45, 7) is 31.0. The first-order valence-electron chi connectivity index (χ1n) is 22.7. The highest BCUT2D eigenvalue weighted by Crippen LogP contribution is 2.48. The maximum atomic E-state index is 12.0. The van der Waals surface area contributed by atoms with Crippen molar-refractivity contribution in [2.24, 2.45) is 0 Å². The highest BCUT2D eigenvalue weighted by Gasteiger charge is 2.29. The van der Waals surface area contributed by atoms with Gasteiger partial charge in [-0.05, 0) is 92.9 Å². The summed E-state index contributed by atoms with van der Waals surface area (Å²) in [5.41, 5.74) is 8.57.